The van der Waals surface area contributed by atoms with Crippen LogP contribution >= 0.6 is 0 Å². The lowest BCUT2D eigenvalue weighted by molar-refractivity contribution is -0.385. The van der Waals surface area contributed by atoms with Crippen LogP contribution in [-0.2, 0) is 6.54 Å². The van der Waals surface area contributed by atoms with Crippen molar-refractivity contribution in [1.29, 1.82) is 0 Å². The van der Waals surface area contributed by atoms with E-state index in [2.05, 4.69) is 0 Å². The Balaban J connectivity index is 3.12. The predicted molar refractivity (Wildman–Crippen MR) is 42.7 cm³/mol. The van der Waals surface area contributed by atoms with Gasteiger partial charge in [-0.3, -0.25) is 10.1 Å². The molecule has 5 nitrogen and oxygen atoms in total. The van der Waals surface area contributed by atoms with Gasteiger partial charge in [-0.2, -0.15) is 0 Å². The summed E-state index contributed by atoms with van der Waals surface area (Å²) in [5.74, 6) is -0.344. The molecule has 0 aliphatic heterocycles. The van der Waals surface area contributed by atoms with Crippen LogP contribution in [0.1, 0.15) is 5.56 Å². The zero-order chi connectivity index (χ0) is 9.14. The summed E-state index contributed by atoms with van der Waals surface area (Å²) in [4.78, 5) is 9.59. The van der Waals surface area contributed by atoms with Gasteiger partial charge in [0.25, 0.3) is 0 Å². The zero-order valence-corrected chi connectivity index (χ0v) is 6.23. The molecule has 1 aromatic rings. The molecule has 0 radical (unpaired) electrons. The maximum atomic E-state index is 10.2. The fourth-order valence-corrected chi connectivity index (χ4v) is 0.850. The van der Waals surface area contributed by atoms with Gasteiger partial charge < -0.3 is 10.8 Å². The van der Waals surface area contributed by atoms with Gasteiger partial charge in [-0.1, -0.05) is 6.07 Å². The van der Waals surface area contributed by atoms with E-state index >= 15 is 0 Å². The highest BCUT2D eigenvalue weighted by molar-refractivity contribution is 5.47. The third-order valence-electron chi connectivity index (χ3n) is 1.47. The first-order valence-electron chi connectivity index (χ1n) is 3.31. The van der Waals surface area contributed by atoms with Crippen molar-refractivity contribution in [3.8, 4) is 5.75 Å². The first kappa shape index (κ1) is 8.48. The fraction of sp³-hybridized carbons (Fsp3) is 0.143. The van der Waals surface area contributed by atoms with E-state index in [1.54, 1.807) is 0 Å². The number of nitrogens with two attached hydrogens (primary N) is 1. The number of phenolic OH excluding ortho intramolecular Hbond substituents is 1. The Kier molecular flexibility index (Phi) is 2.25. The Bertz CT molecular complexity index is 312. The van der Waals surface area contributed by atoms with Crippen LogP contribution in [0.3, 0.4) is 0 Å². The SMILES string of the molecule is NCc1ccc([N+](=O)[O-])c(O)c1. The van der Waals surface area contributed by atoms with Gasteiger partial charge in [-0.15, -0.1) is 0 Å². The van der Waals surface area contributed by atoms with E-state index in [4.69, 9.17) is 10.8 Å². The molecule has 5 heteroatoms. The zero-order valence-electron chi connectivity index (χ0n) is 6.23. The average Bonchev–Trinajstić information content (AvgIpc) is 2.03. The minimum absolute atomic E-state index is 0.256. The molecular weight excluding hydrogens is 160 g/mol. The second kappa shape index (κ2) is 3.19. The molecule has 0 saturated carbocycles. The summed E-state index contributed by atoms with van der Waals surface area (Å²) in [5, 5.41) is 19.3. The summed E-state index contributed by atoms with van der Waals surface area (Å²) >= 11 is 0. The number of hydrogen-bond acceptors (Lipinski definition) is 4. The minimum Gasteiger partial charge on any atom is -0.502 e. The molecule has 3 N–H and O–H groups in total. The van der Waals surface area contributed by atoms with Crippen molar-refractivity contribution in [2.24, 2.45) is 5.73 Å². The molecule has 1 aromatic carbocycles. The van der Waals surface area contributed by atoms with E-state index in [1.165, 1.54) is 18.2 Å². The van der Waals surface area contributed by atoms with E-state index in [0.29, 0.717) is 5.56 Å². The normalized spacial score (nSPS) is 9.75. The van der Waals surface area contributed by atoms with Crippen molar-refractivity contribution < 1.29 is 10.0 Å². The number of rotatable bonds is 2. The third kappa shape index (κ3) is 1.51. The molecule has 64 valence electrons. The summed E-state index contributed by atoms with van der Waals surface area (Å²) in [5.41, 5.74) is 5.63. The highest BCUT2D eigenvalue weighted by atomic mass is 16.6. The van der Waals surface area contributed by atoms with E-state index in [1.807, 2.05) is 0 Å². The van der Waals surface area contributed by atoms with Gasteiger partial charge in [0.2, 0.25) is 0 Å². The predicted octanol–water partition coefficient (Wildman–Crippen LogP) is 0.759. The van der Waals surface area contributed by atoms with Gasteiger partial charge in [-0.05, 0) is 11.6 Å². The maximum Gasteiger partial charge on any atom is 0.310 e. The maximum absolute atomic E-state index is 10.2. The largest absolute Gasteiger partial charge is 0.502 e. The summed E-state index contributed by atoms with van der Waals surface area (Å²) in [6.07, 6.45) is 0. The Labute approximate surface area is 68.6 Å². The molecule has 0 heterocycles. The molecular formula is C7H8N2O3. The topological polar surface area (TPSA) is 89.4 Å². The molecule has 12 heavy (non-hydrogen) atoms. The second-order valence-electron chi connectivity index (χ2n) is 2.28. The van der Waals surface area contributed by atoms with Crippen molar-refractivity contribution in [1.82, 2.24) is 0 Å². The van der Waals surface area contributed by atoms with Gasteiger partial charge in [-0.25, -0.2) is 0 Å². The monoisotopic (exact) mass is 168 g/mol. The van der Waals surface area contributed by atoms with Crippen LogP contribution in [0.25, 0.3) is 0 Å². The van der Waals surface area contributed by atoms with Crippen molar-refractivity contribution in [2.75, 3.05) is 0 Å². The molecule has 0 aromatic heterocycles. The van der Waals surface area contributed by atoms with E-state index < -0.39 is 4.92 Å². The lowest BCUT2D eigenvalue weighted by Crippen LogP contribution is -1.96. The van der Waals surface area contributed by atoms with Crippen LogP contribution in [0.15, 0.2) is 18.2 Å². The van der Waals surface area contributed by atoms with E-state index in [0.717, 1.165) is 0 Å². The quantitative estimate of drug-likeness (QED) is 0.503. The van der Waals surface area contributed by atoms with E-state index in [9.17, 15) is 10.1 Å². The van der Waals surface area contributed by atoms with Crippen molar-refractivity contribution in [3.63, 3.8) is 0 Å². The van der Waals surface area contributed by atoms with Crippen molar-refractivity contribution in [2.45, 2.75) is 6.54 Å². The van der Waals surface area contributed by atoms with Gasteiger partial charge in [0.15, 0.2) is 5.75 Å². The Morgan fingerprint density at radius 1 is 1.58 bits per heavy atom. The lowest BCUT2D eigenvalue weighted by atomic mass is 10.2. The van der Waals surface area contributed by atoms with Crippen LogP contribution < -0.4 is 5.73 Å². The Hall–Kier alpha value is -1.62. The molecule has 0 aliphatic rings. The number of benzene rings is 1. The Morgan fingerprint density at radius 3 is 2.67 bits per heavy atom. The minimum atomic E-state index is -0.643. The second-order valence-corrected chi connectivity index (χ2v) is 2.28. The van der Waals surface area contributed by atoms with Gasteiger partial charge in [0, 0.05) is 12.6 Å². The number of hydrogen-bond donors (Lipinski definition) is 2. The number of nitro groups is 1. The molecule has 0 amide bonds. The first-order valence-corrected chi connectivity index (χ1v) is 3.31. The summed E-state index contributed by atoms with van der Waals surface area (Å²) in [7, 11) is 0. The van der Waals surface area contributed by atoms with Crippen LogP contribution in [-0.4, -0.2) is 10.0 Å². The Morgan fingerprint density at radius 2 is 2.25 bits per heavy atom. The number of aromatic hydroxyl groups is 1. The lowest BCUT2D eigenvalue weighted by Gasteiger charge is -1.98. The highest BCUT2D eigenvalue weighted by Gasteiger charge is 2.11. The third-order valence-corrected chi connectivity index (χ3v) is 1.47. The average molecular weight is 168 g/mol. The molecule has 0 saturated heterocycles. The van der Waals surface area contributed by atoms with E-state index in [-0.39, 0.29) is 18.0 Å². The number of nitrogens with zero attached hydrogens (tertiary/aromatic N) is 1. The highest BCUT2D eigenvalue weighted by Crippen LogP contribution is 2.25. The molecule has 0 spiro atoms. The van der Waals surface area contributed by atoms with Crippen LogP contribution in [0.2, 0.25) is 0 Å². The van der Waals surface area contributed by atoms with Gasteiger partial charge >= 0.3 is 5.69 Å². The number of nitro benzene ring substituents is 1. The standard InChI is InChI=1S/C7H8N2O3/c8-4-5-1-2-6(9(11)12)7(10)3-5/h1-3,10H,4,8H2. The van der Waals surface area contributed by atoms with Gasteiger partial charge in [0.1, 0.15) is 0 Å². The van der Waals surface area contributed by atoms with Gasteiger partial charge in [0.05, 0.1) is 4.92 Å². The van der Waals surface area contributed by atoms with Crippen LogP contribution in [0.5, 0.6) is 5.75 Å². The smallest absolute Gasteiger partial charge is 0.310 e. The summed E-state index contributed by atoms with van der Waals surface area (Å²) in [6.45, 7) is 0.256. The first-order chi connectivity index (χ1) is 5.65. The molecule has 0 unspecified atom stereocenters. The fourth-order valence-electron chi connectivity index (χ4n) is 0.850. The molecule has 0 atom stereocenters. The van der Waals surface area contributed by atoms with Crippen molar-refractivity contribution in [3.05, 3.63) is 33.9 Å². The molecule has 0 bridgehead atoms. The number of phenols is 1. The van der Waals surface area contributed by atoms with Crippen LogP contribution in [0.4, 0.5) is 5.69 Å². The summed E-state index contributed by atoms with van der Waals surface area (Å²) < 4.78 is 0. The summed E-state index contributed by atoms with van der Waals surface area (Å²) in [6, 6.07) is 4.04. The molecule has 1 rings (SSSR count). The van der Waals surface area contributed by atoms with Crippen molar-refractivity contribution >= 4 is 5.69 Å². The van der Waals surface area contributed by atoms with Crippen LogP contribution in [0, 0.1) is 10.1 Å². The molecule has 0 aliphatic carbocycles. The molecule has 0 fully saturated rings.